The molecule has 3 heteroatoms. The van der Waals surface area contributed by atoms with Gasteiger partial charge in [0.25, 0.3) is 0 Å². The predicted octanol–water partition coefficient (Wildman–Crippen LogP) is 3.55. The van der Waals surface area contributed by atoms with Crippen LogP contribution in [0.3, 0.4) is 0 Å². The van der Waals surface area contributed by atoms with E-state index in [-0.39, 0.29) is 5.91 Å². The fourth-order valence-electron chi connectivity index (χ4n) is 2.92. The van der Waals surface area contributed by atoms with Crippen molar-refractivity contribution in [2.24, 2.45) is 0 Å². The van der Waals surface area contributed by atoms with Crippen molar-refractivity contribution >= 4 is 17.5 Å². The molecule has 104 valence electrons. The highest BCUT2D eigenvalue weighted by molar-refractivity contribution is 6.18. The molecule has 0 aliphatic heterocycles. The van der Waals surface area contributed by atoms with E-state index in [9.17, 15) is 4.79 Å². The van der Waals surface area contributed by atoms with Crippen molar-refractivity contribution in [1.82, 2.24) is 4.90 Å². The summed E-state index contributed by atoms with van der Waals surface area (Å²) in [7, 11) is 0. The standard InChI is InChI=1S/C16H22ClNO/c1-13-5-4-6-14(11-13)12-16(19)18(10-9-17)15-7-2-3-8-15/h4-6,11,15H,2-3,7-10,12H2,1H3. The van der Waals surface area contributed by atoms with Crippen molar-refractivity contribution in [1.29, 1.82) is 0 Å². The Hall–Kier alpha value is -1.02. The SMILES string of the molecule is Cc1cccc(CC(=O)N(CCCl)C2CCCC2)c1. The summed E-state index contributed by atoms with van der Waals surface area (Å²) in [5, 5.41) is 0. The van der Waals surface area contributed by atoms with E-state index >= 15 is 0 Å². The van der Waals surface area contributed by atoms with Crippen LogP contribution in [0.2, 0.25) is 0 Å². The quantitative estimate of drug-likeness (QED) is 0.755. The molecule has 1 aromatic rings. The van der Waals surface area contributed by atoms with Crippen molar-refractivity contribution in [3.8, 4) is 0 Å². The van der Waals surface area contributed by atoms with Crippen LogP contribution < -0.4 is 0 Å². The van der Waals surface area contributed by atoms with Crippen LogP contribution in [0.4, 0.5) is 0 Å². The summed E-state index contributed by atoms with van der Waals surface area (Å²) in [5.74, 6) is 0.744. The Kier molecular flexibility index (Phi) is 5.26. The van der Waals surface area contributed by atoms with E-state index in [4.69, 9.17) is 11.6 Å². The molecule has 0 atom stereocenters. The molecule has 1 fully saturated rings. The average molecular weight is 280 g/mol. The molecule has 0 unspecified atom stereocenters. The number of benzene rings is 1. The number of amides is 1. The number of aryl methyl sites for hydroxylation is 1. The fourth-order valence-corrected chi connectivity index (χ4v) is 3.10. The van der Waals surface area contributed by atoms with Gasteiger partial charge in [-0.15, -0.1) is 11.6 Å². The molecule has 1 aromatic carbocycles. The Morgan fingerprint density at radius 1 is 1.37 bits per heavy atom. The zero-order valence-corrected chi connectivity index (χ0v) is 12.3. The topological polar surface area (TPSA) is 20.3 Å². The minimum absolute atomic E-state index is 0.221. The largest absolute Gasteiger partial charge is 0.338 e. The van der Waals surface area contributed by atoms with Gasteiger partial charge in [-0.25, -0.2) is 0 Å². The summed E-state index contributed by atoms with van der Waals surface area (Å²) in [6.45, 7) is 2.73. The van der Waals surface area contributed by atoms with Gasteiger partial charge in [-0.1, -0.05) is 42.7 Å². The molecule has 0 bridgehead atoms. The monoisotopic (exact) mass is 279 g/mol. The predicted molar refractivity (Wildman–Crippen MR) is 79.6 cm³/mol. The molecule has 0 aromatic heterocycles. The number of hydrogen-bond acceptors (Lipinski definition) is 1. The first-order chi connectivity index (χ1) is 9.20. The number of carbonyl (C=O) groups excluding carboxylic acids is 1. The molecule has 2 nitrogen and oxygen atoms in total. The van der Waals surface area contributed by atoms with Gasteiger partial charge in [0.1, 0.15) is 0 Å². The van der Waals surface area contributed by atoms with Gasteiger partial charge in [-0.05, 0) is 25.3 Å². The highest BCUT2D eigenvalue weighted by atomic mass is 35.5. The number of carbonyl (C=O) groups is 1. The van der Waals surface area contributed by atoms with E-state index in [0.717, 1.165) is 18.4 Å². The van der Waals surface area contributed by atoms with Gasteiger partial charge >= 0.3 is 0 Å². The van der Waals surface area contributed by atoms with Crippen LogP contribution in [0.1, 0.15) is 36.8 Å². The molecule has 0 heterocycles. The fraction of sp³-hybridized carbons (Fsp3) is 0.562. The minimum atomic E-state index is 0.221. The van der Waals surface area contributed by atoms with Crippen LogP contribution in [0, 0.1) is 6.92 Å². The van der Waals surface area contributed by atoms with Crippen LogP contribution in [-0.2, 0) is 11.2 Å². The van der Waals surface area contributed by atoms with Gasteiger partial charge in [0, 0.05) is 18.5 Å². The zero-order chi connectivity index (χ0) is 13.7. The smallest absolute Gasteiger partial charge is 0.227 e. The average Bonchev–Trinajstić information content (AvgIpc) is 2.89. The van der Waals surface area contributed by atoms with Gasteiger partial charge < -0.3 is 4.90 Å². The first-order valence-corrected chi connectivity index (χ1v) is 7.65. The first kappa shape index (κ1) is 14.4. The van der Waals surface area contributed by atoms with Crippen LogP contribution in [0.5, 0.6) is 0 Å². The molecular weight excluding hydrogens is 258 g/mol. The first-order valence-electron chi connectivity index (χ1n) is 7.11. The van der Waals surface area contributed by atoms with Crippen molar-refractivity contribution < 1.29 is 4.79 Å². The lowest BCUT2D eigenvalue weighted by atomic mass is 10.1. The van der Waals surface area contributed by atoms with Crippen LogP contribution in [0.25, 0.3) is 0 Å². The third kappa shape index (κ3) is 3.97. The van der Waals surface area contributed by atoms with E-state index in [0.29, 0.717) is 24.9 Å². The minimum Gasteiger partial charge on any atom is -0.338 e. The highest BCUT2D eigenvalue weighted by Crippen LogP contribution is 2.24. The molecule has 19 heavy (non-hydrogen) atoms. The van der Waals surface area contributed by atoms with Gasteiger partial charge in [-0.2, -0.15) is 0 Å². The Labute approximate surface area is 120 Å². The molecule has 1 aliphatic rings. The molecule has 0 N–H and O–H groups in total. The van der Waals surface area contributed by atoms with Crippen molar-refractivity contribution in [3.63, 3.8) is 0 Å². The second kappa shape index (κ2) is 6.95. The van der Waals surface area contributed by atoms with Crippen molar-refractivity contribution in [3.05, 3.63) is 35.4 Å². The van der Waals surface area contributed by atoms with Crippen LogP contribution >= 0.6 is 11.6 Å². The van der Waals surface area contributed by atoms with E-state index in [1.165, 1.54) is 18.4 Å². The third-order valence-electron chi connectivity index (χ3n) is 3.85. The molecule has 0 radical (unpaired) electrons. The number of hydrogen-bond donors (Lipinski definition) is 0. The highest BCUT2D eigenvalue weighted by Gasteiger charge is 2.25. The molecule has 0 spiro atoms. The normalized spacial score (nSPS) is 15.7. The maximum atomic E-state index is 12.5. The Balaban J connectivity index is 2.02. The van der Waals surface area contributed by atoms with Crippen molar-refractivity contribution in [2.45, 2.75) is 45.1 Å². The van der Waals surface area contributed by atoms with E-state index in [2.05, 4.69) is 19.1 Å². The number of halogens is 1. The van der Waals surface area contributed by atoms with Gasteiger partial charge in [-0.3, -0.25) is 4.79 Å². The number of alkyl halides is 1. The summed E-state index contributed by atoms with van der Waals surface area (Å²) >= 11 is 5.85. The summed E-state index contributed by atoms with van der Waals surface area (Å²) in [6, 6.07) is 8.60. The molecule has 1 amide bonds. The Morgan fingerprint density at radius 2 is 2.11 bits per heavy atom. The summed E-state index contributed by atoms with van der Waals surface area (Å²) in [6.07, 6.45) is 5.24. The van der Waals surface area contributed by atoms with Gasteiger partial charge in [0.2, 0.25) is 5.91 Å². The lowest BCUT2D eigenvalue weighted by molar-refractivity contribution is -0.132. The van der Waals surface area contributed by atoms with Crippen molar-refractivity contribution in [2.75, 3.05) is 12.4 Å². The summed E-state index contributed by atoms with van der Waals surface area (Å²) in [5.41, 5.74) is 2.30. The van der Waals surface area contributed by atoms with Crippen LogP contribution in [-0.4, -0.2) is 29.3 Å². The maximum absolute atomic E-state index is 12.5. The number of rotatable bonds is 5. The second-order valence-electron chi connectivity index (χ2n) is 5.38. The summed E-state index contributed by atoms with van der Waals surface area (Å²) in [4.78, 5) is 14.5. The molecule has 1 aliphatic carbocycles. The molecular formula is C16H22ClNO. The lowest BCUT2D eigenvalue weighted by Gasteiger charge is -2.28. The van der Waals surface area contributed by atoms with E-state index in [1.54, 1.807) is 0 Å². The lowest BCUT2D eigenvalue weighted by Crippen LogP contribution is -2.41. The third-order valence-corrected chi connectivity index (χ3v) is 4.02. The van der Waals surface area contributed by atoms with Gasteiger partial charge in [0.05, 0.1) is 6.42 Å². The van der Waals surface area contributed by atoms with E-state index in [1.807, 2.05) is 17.0 Å². The molecule has 1 saturated carbocycles. The van der Waals surface area contributed by atoms with E-state index < -0.39 is 0 Å². The van der Waals surface area contributed by atoms with Gasteiger partial charge in [0.15, 0.2) is 0 Å². The Bertz CT molecular complexity index is 427. The maximum Gasteiger partial charge on any atom is 0.227 e. The number of nitrogens with zero attached hydrogens (tertiary/aromatic N) is 1. The second-order valence-corrected chi connectivity index (χ2v) is 5.76. The summed E-state index contributed by atoms with van der Waals surface area (Å²) < 4.78 is 0. The molecule has 0 saturated heterocycles. The molecule has 2 rings (SSSR count). The Morgan fingerprint density at radius 3 is 2.74 bits per heavy atom. The van der Waals surface area contributed by atoms with Crippen LogP contribution in [0.15, 0.2) is 24.3 Å². The zero-order valence-electron chi connectivity index (χ0n) is 11.6.